The van der Waals surface area contributed by atoms with Gasteiger partial charge in [-0.3, -0.25) is 4.79 Å². The Morgan fingerprint density at radius 2 is 1.93 bits per heavy atom. The first-order chi connectivity index (χ1) is 7.24. The lowest BCUT2D eigenvalue weighted by atomic mass is 9.95. The fourth-order valence-corrected chi connectivity index (χ4v) is 1.76. The van der Waals surface area contributed by atoms with Crippen LogP contribution in [0.4, 0.5) is 0 Å². The summed E-state index contributed by atoms with van der Waals surface area (Å²) in [6.07, 6.45) is 3.73. The van der Waals surface area contributed by atoms with Gasteiger partial charge in [-0.25, -0.2) is 0 Å². The maximum Gasteiger partial charge on any atom is 0.220 e. The van der Waals surface area contributed by atoms with Crippen molar-refractivity contribution in [3.8, 4) is 0 Å². The summed E-state index contributed by atoms with van der Waals surface area (Å²) in [5, 5.41) is 0. The summed E-state index contributed by atoms with van der Waals surface area (Å²) in [6.45, 7) is 2.08. The van der Waals surface area contributed by atoms with Gasteiger partial charge in [-0.05, 0) is 24.8 Å². The Morgan fingerprint density at radius 3 is 2.47 bits per heavy atom. The lowest BCUT2D eigenvalue weighted by Gasteiger charge is -2.11. The van der Waals surface area contributed by atoms with Gasteiger partial charge in [0.05, 0.1) is 0 Å². The molecule has 0 aromatic heterocycles. The SMILES string of the molecule is CCC[C@H](CCc1ccccc1)C(N)=O. The van der Waals surface area contributed by atoms with Gasteiger partial charge in [0, 0.05) is 5.92 Å². The average molecular weight is 205 g/mol. The van der Waals surface area contributed by atoms with Crippen molar-refractivity contribution in [1.29, 1.82) is 0 Å². The highest BCUT2D eigenvalue weighted by atomic mass is 16.1. The molecule has 0 radical (unpaired) electrons. The van der Waals surface area contributed by atoms with E-state index in [0.717, 1.165) is 25.7 Å². The molecule has 2 nitrogen and oxygen atoms in total. The van der Waals surface area contributed by atoms with E-state index in [0.29, 0.717) is 0 Å². The Kier molecular flexibility index (Phi) is 4.88. The molecule has 0 spiro atoms. The van der Waals surface area contributed by atoms with E-state index >= 15 is 0 Å². The van der Waals surface area contributed by atoms with Gasteiger partial charge < -0.3 is 5.73 Å². The van der Waals surface area contributed by atoms with Gasteiger partial charge in [-0.1, -0.05) is 43.7 Å². The maximum absolute atomic E-state index is 11.1. The predicted molar refractivity (Wildman–Crippen MR) is 62.4 cm³/mol. The lowest BCUT2D eigenvalue weighted by Crippen LogP contribution is -2.23. The molecular formula is C13H19NO. The van der Waals surface area contributed by atoms with Gasteiger partial charge in [0.15, 0.2) is 0 Å². The standard InChI is InChI=1S/C13H19NO/c1-2-6-12(13(14)15)10-9-11-7-4-3-5-8-11/h3-5,7-8,12H,2,6,9-10H2,1H3,(H2,14,15)/t12-/m1/s1. The highest BCUT2D eigenvalue weighted by Crippen LogP contribution is 2.14. The van der Waals surface area contributed by atoms with Crippen LogP contribution < -0.4 is 5.73 Å². The first kappa shape index (κ1) is 11.8. The Balaban J connectivity index is 2.43. The molecule has 1 rings (SSSR count). The Labute approximate surface area is 91.5 Å². The lowest BCUT2D eigenvalue weighted by molar-refractivity contribution is -0.122. The summed E-state index contributed by atoms with van der Waals surface area (Å²) in [5.41, 5.74) is 6.63. The van der Waals surface area contributed by atoms with Crippen LogP contribution in [0.5, 0.6) is 0 Å². The molecule has 2 heteroatoms. The molecule has 82 valence electrons. The van der Waals surface area contributed by atoms with Crippen molar-refractivity contribution < 1.29 is 4.79 Å². The van der Waals surface area contributed by atoms with Gasteiger partial charge in [0.25, 0.3) is 0 Å². The first-order valence-corrected chi connectivity index (χ1v) is 5.57. The number of aryl methyl sites for hydroxylation is 1. The number of rotatable bonds is 6. The summed E-state index contributed by atoms with van der Waals surface area (Å²) in [5.74, 6) is -0.122. The van der Waals surface area contributed by atoms with E-state index < -0.39 is 0 Å². The zero-order chi connectivity index (χ0) is 11.1. The van der Waals surface area contributed by atoms with Crippen LogP contribution in [0.1, 0.15) is 31.7 Å². The van der Waals surface area contributed by atoms with Crippen molar-refractivity contribution in [2.45, 2.75) is 32.6 Å². The number of carbonyl (C=O) groups excluding carboxylic acids is 1. The summed E-state index contributed by atoms with van der Waals surface area (Å²) < 4.78 is 0. The third-order valence-corrected chi connectivity index (χ3v) is 2.66. The Hall–Kier alpha value is -1.31. The van der Waals surface area contributed by atoms with Crippen LogP contribution >= 0.6 is 0 Å². The van der Waals surface area contributed by atoms with Crippen LogP contribution in [0.2, 0.25) is 0 Å². The van der Waals surface area contributed by atoms with E-state index in [9.17, 15) is 4.79 Å². The third kappa shape index (κ3) is 4.15. The van der Waals surface area contributed by atoms with Crippen molar-refractivity contribution in [3.63, 3.8) is 0 Å². The minimum Gasteiger partial charge on any atom is -0.369 e. The maximum atomic E-state index is 11.1. The molecule has 2 N–H and O–H groups in total. The zero-order valence-corrected chi connectivity index (χ0v) is 9.28. The highest BCUT2D eigenvalue weighted by Gasteiger charge is 2.13. The van der Waals surface area contributed by atoms with Gasteiger partial charge in [-0.2, -0.15) is 0 Å². The number of primary amides is 1. The van der Waals surface area contributed by atoms with Gasteiger partial charge in [0.1, 0.15) is 0 Å². The number of amides is 1. The van der Waals surface area contributed by atoms with Crippen LogP contribution in [0, 0.1) is 5.92 Å². The van der Waals surface area contributed by atoms with Crippen LogP contribution in [0.3, 0.4) is 0 Å². The van der Waals surface area contributed by atoms with Crippen molar-refractivity contribution in [1.82, 2.24) is 0 Å². The molecule has 0 aliphatic carbocycles. The molecule has 0 bridgehead atoms. The molecule has 1 atom stereocenters. The largest absolute Gasteiger partial charge is 0.369 e. The molecule has 0 aliphatic rings. The van der Waals surface area contributed by atoms with Crippen molar-refractivity contribution in [3.05, 3.63) is 35.9 Å². The van der Waals surface area contributed by atoms with E-state index in [-0.39, 0.29) is 11.8 Å². The number of carbonyl (C=O) groups is 1. The molecule has 0 heterocycles. The summed E-state index contributed by atoms with van der Waals surface area (Å²) in [4.78, 5) is 11.1. The van der Waals surface area contributed by atoms with E-state index in [1.165, 1.54) is 5.56 Å². The van der Waals surface area contributed by atoms with Crippen molar-refractivity contribution in [2.75, 3.05) is 0 Å². The molecule has 0 unspecified atom stereocenters. The minimum atomic E-state index is -0.159. The monoisotopic (exact) mass is 205 g/mol. The molecular weight excluding hydrogens is 186 g/mol. The third-order valence-electron chi connectivity index (χ3n) is 2.66. The topological polar surface area (TPSA) is 43.1 Å². The summed E-state index contributed by atoms with van der Waals surface area (Å²) in [6, 6.07) is 10.2. The van der Waals surface area contributed by atoms with Crippen LogP contribution in [-0.2, 0) is 11.2 Å². The zero-order valence-electron chi connectivity index (χ0n) is 9.28. The molecule has 0 saturated carbocycles. The minimum absolute atomic E-state index is 0.0372. The number of benzene rings is 1. The number of nitrogens with two attached hydrogens (primary N) is 1. The van der Waals surface area contributed by atoms with Crippen LogP contribution in [0.25, 0.3) is 0 Å². The van der Waals surface area contributed by atoms with Gasteiger partial charge >= 0.3 is 0 Å². The van der Waals surface area contributed by atoms with Crippen molar-refractivity contribution in [2.24, 2.45) is 11.7 Å². The second kappa shape index (κ2) is 6.23. The predicted octanol–water partition coefficient (Wildman–Crippen LogP) is 2.52. The fourth-order valence-electron chi connectivity index (χ4n) is 1.76. The molecule has 15 heavy (non-hydrogen) atoms. The van der Waals surface area contributed by atoms with E-state index in [4.69, 9.17) is 5.73 Å². The van der Waals surface area contributed by atoms with Crippen molar-refractivity contribution >= 4 is 5.91 Å². The number of hydrogen-bond acceptors (Lipinski definition) is 1. The van der Waals surface area contributed by atoms with Gasteiger partial charge in [-0.15, -0.1) is 0 Å². The molecule has 0 fully saturated rings. The molecule has 0 saturated heterocycles. The van der Waals surface area contributed by atoms with E-state index in [1.807, 2.05) is 18.2 Å². The molecule has 1 aromatic carbocycles. The quantitative estimate of drug-likeness (QED) is 0.762. The summed E-state index contributed by atoms with van der Waals surface area (Å²) in [7, 11) is 0. The smallest absolute Gasteiger partial charge is 0.220 e. The summed E-state index contributed by atoms with van der Waals surface area (Å²) >= 11 is 0. The molecule has 0 aliphatic heterocycles. The van der Waals surface area contributed by atoms with Crippen LogP contribution in [-0.4, -0.2) is 5.91 Å². The van der Waals surface area contributed by atoms with Gasteiger partial charge in [0.2, 0.25) is 5.91 Å². The van der Waals surface area contributed by atoms with Crippen LogP contribution in [0.15, 0.2) is 30.3 Å². The van der Waals surface area contributed by atoms with E-state index in [1.54, 1.807) is 0 Å². The van der Waals surface area contributed by atoms with E-state index in [2.05, 4.69) is 19.1 Å². The fraction of sp³-hybridized carbons (Fsp3) is 0.462. The normalized spacial score (nSPS) is 12.3. The second-order valence-corrected chi connectivity index (χ2v) is 3.91. The second-order valence-electron chi connectivity index (χ2n) is 3.91. The Bertz CT molecular complexity index is 295. The highest BCUT2D eigenvalue weighted by molar-refractivity contribution is 5.76. The first-order valence-electron chi connectivity index (χ1n) is 5.57. The number of hydrogen-bond donors (Lipinski definition) is 1. The average Bonchev–Trinajstić information content (AvgIpc) is 2.25. The molecule has 1 amide bonds. The molecule has 1 aromatic rings. The Morgan fingerprint density at radius 1 is 1.27 bits per heavy atom.